The van der Waals surface area contributed by atoms with Gasteiger partial charge in [-0.05, 0) is 49.5 Å². The predicted molar refractivity (Wildman–Crippen MR) is 214 cm³/mol. The summed E-state index contributed by atoms with van der Waals surface area (Å²) in [5, 5.41) is 4.38. The fraction of sp³-hybridized carbons (Fsp3) is 0.575. The molecule has 56 heavy (non-hydrogen) atoms. The molecule has 5 rings (SSSR count). The Bertz CT molecular complexity index is 1700. The highest BCUT2D eigenvalue weighted by Crippen LogP contribution is 2.41. The number of pyridine rings is 1. The Morgan fingerprint density at radius 1 is 1.02 bits per heavy atom. The number of hydrogen-bond donors (Lipinski definition) is 1. The van der Waals surface area contributed by atoms with E-state index in [0.717, 1.165) is 40.3 Å². The van der Waals surface area contributed by atoms with Gasteiger partial charge < -0.3 is 43.4 Å². The molecular formula is C40H53N3O11S2. The molecular weight excluding hydrogens is 763 g/mol. The summed E-state index contributed by atoms with van der Waals surface area (Å²) in [4.78, 5) is 57.3. The fourth-order valence-corrected chi connectivity index (χ4v) is 9.56. The van der Waals surface area contributed by atoms with Gasteiger partial charge in [0.25, 0.3) is 0 Å². The minimum absolute atomic E-state index is 0.0402. The number of benzene rings is 1. The lowest BCUT2D eigenvalue weighted by atomic mass is 9.84. The first-order valence-electron chi connectivity index (χ1n) is 19.2. The molecule has 1 fully saturated rings. The molecule has 0 spiro atoms. The number of aromatic nitrogens is 1. The van der Waals surface area contributed by atoms with Crippen LogP contribution in [0.1, 0.15) is 56.7 Å². The lowest BCUT2D eigenvalue weighted by Gasteiger charge is -2.35. The molecule has 2 unspecified atom stereocenters. The summed E-state index contributed by atoms with van der Waals surface area (Å²) in [7, 11) is 5.81. The van der Waals surface area contributed by atoms with Crippen molar-refractivity contribution in [3.8, 4) is 0 Å². The standard InChI is InChI=1S/C40H53N3O11S2/c1-3-40(33(31(27-44)28-53-38(40)46)25-35-37-30(26-43(35)2)24-29-8-4-6-10-34(29)42-37)54-39(47)41-13-14-48-15-16-49-17-18-50-19-20-51-21-22-52-36(45)11-7-5-9-32-12-23-55-56-32/h4,6,8,10,24-25,27,32H,3,5,7,9,11-23,26,28H2,1-2H3,(H,41,47)/b35-25-. The number of carbonyl (C=O) groups is 4. The van der Waals surface area contributed by atoms with Crippen molar-refractivity contribution in [2.24, 2.45) is 0 Å². The number of unbranched alkanes of at least 4 members (excludes halogenated alkanes) is 1. The van der Waals surface area contributed by atoms with E-state index in [1.807, 2.05) is 57.8 Å². The Morgan fingerprint density at radius 2 is 1.73 bits per heavy atom. The first kappa shape index (κ1) is 43.5. The van der Waals surface area contributed by atoms with Crippen LogP contribution in [0.25, 0.3) is 16.6 Å². The van der Waals surface area contributed by atoms with E-state index in [1.165, 1.54) is 18.6 Å². The number of aldehydes is 1. The zero-order chi connectivity index (χ0) is 39.6. The highest BCUT2D eigenvalue weighted by atomic mass is 33.1. The number of carbonyl (C=O) groups excluding carboxylic acids is 4. The molecule has 4 heterocycles. The fourth-order valence-electron chi connectivity index (χ4n) is 6.53. The zero-order valence-electron chi connectivity index (χ0n) is 32.3. The maximum absolute atomic E-state index is 13.3. The SMILES string of the molecule is CCC1(OC(=O)NCCOCCOCCOCCOCCOC(=O)CCCCC2CCSS2)C(=O)OCC(C=O)=C1/C=C1/c2nc3ccccc3cc2CN1C. The van der Waals surface area contributed by atoms with E-state index < -0.39 is 17.7 Å². The van der Waals surface area contributed by atoms with Crippen molar-refractivity contribution < 1.29 is 52.3 Å². The van der Waals surface area contributed by atoms with E-state index in [4.69, 9.17) is 38.1 Å². The Hall–Kier alpha value is -3.67. The number of ether oxygens (including phenoxy) is 7. The van der Waals surface area contributed by atoms with Crippen LogP contribution in [0.15, 0.2) is 47.6 Å². The van der Waals surface area contributed by atoms with E-state index in [9.17, 15) is 19.2 Å². The van der Waals surface area contributed by atoms with Crippen molar-refractivity contribution in [2.75, 3.05) is 85.4 Å². The monoisotopic (exact) mass is 815 g/mol. The predicted octanol–water partition coefficient (Wildman–Crippen LogP) is 5.27. The minimum atomic E-state index is -1.84. The van der Waals surface area contributed by atoms with Gasteiger partial charge in [-0.1, -0.05) is 53.1 Å². The van der Waals surface area contributed by atoms with Crippen LogP contribution < -0.4 is 5.32 Å². The summed E-state index contributed by atoms with van der Waals surface area (Å²) < 4.78 is 38.4. The van der Waals surface area contributed by atoms with Gasteiger partial charge in [0.1, 0.15) is 19.5 Å². The zero-order valence-corrected chi connectivity index (χ0v) is 33.9. The molecule has 2 atom stereocenters. The summed E-state index contributed by atoms with van der Waals surface area (Å²) in [5.41, 5.74) is 1.90. The molecule has 1 aromatic carbocycles. The molecule has 1 N–H and O–H groups in total. The number of cyclic esters (lactones) is 1. The second kappa shape index (κ2) is 22.9. The van der Waals surface area contributed by atoms with Gasteiger partial charge >= 0.3 is 18.0 Å². The van der Waals surface area contributed by atoms with Crippen LogP contribution in [-0.4, -0.2) is 130 Å². The first-order valence-corrected chi connectivity index (χ1v) is 21.6. The molecule has 0 radical (unpaired) electrons. The Labute approximate surface area is 336 Å². The van der Waals surface area contributed by atoms with E-state index >= 15 is 0 Å². The molecule has 1 saturated heterocycles. The van der Waals surface area contributed by atoms with Crippen LogP contribution in [0.4, 0.5) is 4.79 Å². The second-order valence-electron chi connectivity index (χ2n) is 13.4. The van der Waals surface area contributed by atoms with Crippen LogP contribution in [0.5, 0.6) is 0 Å². The number of esters is 2. The van der Waals surface area contributed by atoms with Crippen LogP contribution >= 0.6 is 21.6 Å². The summed E-state index contributed by atoms with van der Waals surface area (Å²) in [5.74, 6) is 0.308. The number of nitrogens with zero attached hydrogens (tertiary/aromatic N) is 2. The van der Waals surface area contributed by atoms with E-state index in [0.29, 0.717) is 71.2 Å². The number of nitrogens with one attached hydrogen (secondary N) is 1. The number of alkyl carbamates (subject to hydrolysis) is 1. The number of amides is 1. The van der Waals surface area contributed by atoms with Crippen molar-refractivity contribution in [2.45, 2.75) is 62.8 Å². The van der Waals surface area contributed by atoms with E-state index in [2.05, 4.69) is 11.4 Å². The van der Waals surface area contributed by atoms with Crippen LogP contribution in [0.3, 0.4) is 0 Å². The normalized spacial score (nSPS) is 20.0. The van der Waals surface area contributed by atoms with Gasteiger partial charge in [-0.2, -0.15) is 0 Å². The maximum Gasteiger partial charge on any atom is 0.408 e. The van der Waals surface area contributed by atoms with Crippen molar-refractivity contribution in [3.63, 3.8) is 0 Å². The molecule has 1 aromatic heterocycles. The number of para-hydroxylation sites is 1. The number of fused-ring (bicyclic) bond motifs is 2. The average Bonchev–Trinajstić information content (AvgIpc) is 3.83. The van der Waals surface area contributed by atoms with Gasteiger partial charge in [0.05, 0.1) is 69.8 Å². The van der Waals surface area contributed by atoms with Gasteiger partial charge in [-0.15, -0.1) is 0 Å². The summed E-state index contributed by atoms with van der Waals surface area (Å²) in [6, 6.07) is 9.89. The Kier molecular flexibility index (Phi) is 17.8. The molecule has 0 bridgehead atoms. The molecule has 306 valence electrons. The molecule has 2 aromatic rings. The quantitative estimate of drug-likeness (QED) is 0.0480. The van der Waals surface area contributed by atoms with Gasteiger partial charge in [0, 0.05) is 54.1 Å². The first-order chi connectivity index (χ1) is 27.3. The molecule has 16 heteroatoms. The van der Waals surface area contributed by atoms with Crippen molar-refractivity contribution >= 4 is 62.5 Å². The minimum Gasteiger partial charge on any atom is -0.463 e. The largest absolute Gasteiger partial charge is 0.463 e. The molecule has 14 nitrogen and oxygen atoms in total. The lowest BCUT2D eigenvalue weighted by molar-refractivity contribution is -0.163. The van der Waals surface area contributed by atoms with Gasteiger partial charge in [-0.25, -0.2) is 14.6 Å². The molecule has 1 amide bonds. The van der Waals surface area contributed by atoms with E-state index in [1.54, 1.807) is 13.0 Å². The molecule has 0 saturated carbocycles. The summed E-state index contributed by atoms with van der Waals surface area (Å²) >= 11 is 0. The highest BCUT2D eigenvalue weighted by Gasteiger charge is 2.50. The van der Waals surface area contributed by atoms with Crippen LogP contribution in [0, 0.1) is 0 Å². The Balaban J connectivity index is 0.933. The van der Waals surface area contributed by atoms with Gasteiger partial charge in [-0.3, -0.25) is 9.59 Å². The van der Waals surface area contributed by atoms with Crippen LogP contribution in [0.2, 0.25) is 0 Å². The smallest absolute Gasteiger partial charge is 0.408 e. The summed E-state index contributed by atoms with van der Waals surface area (Å²) in [6.07, 6.45) is 6.37. The van der Waals surface area contributed by atoms with Crippen molar-refractivity contribution in [1.29, 1.82) is 0 Å². The second-order valence-corrected chi connectivity index (χ2v) is 16.2. The third kappa shape index (κ3) is 12.4. The van der Waals surface area contributed by atoms with E-state index in [-0.39, 0.29) is 49.9 Å². The maximum atomic E-state index is 13.3. The van der Waals surface area contributed by atoms with Gasteiger partial charge in [0.2, 0.25) is 5.60 Å². The van der Waals surface area contributed by atoms with Crippen molar-refractivity contribution in [3.05, 3.63) is 58.8 Å². The third-order valence-electron chi connectivity index (χ3n) is 9.53. The molecule has 3 aliphatic rings. The van der Waals surface area contributed by atoms with Crippen LogP contribution in [-0.2, 0) is 54.1 Å². The number of hydrogen-bond acceptors (Lipinski definition) is 15. The van der Waals surface area contributed by atoms with Gasteiger partial charge in [0.15, 0.2) is 0 Å². The number of rotatable bonds is 24. The Morgan fingerprint density at radius 3 is 2.43 bits per heavy atom. The lowest BCUT2D eigenvalue weighted by Crippen LogP contribution is -2.51. The highest BCUT2D eigenvalue weighted by molar-refractivity contribution is 8.77. The average molecular weight is 816 g/mol. The third-order valence-corrected chi connectivity index (χ3v) is 12.5. The molecule has 3 aliphatic heterocycles. The summed E-state index contributed by atoms with van der Waals surface area (Å²) in [6.45, 7) is 5.10. The topological polar surface area (TPSA) is 161 Å². The van der Waals surface area contributed by atoms with Crippen molar-refractivity contribution in [1.82, 2.24) is 15.2 Å². The molecule has 0 aliphatic carbocycles.